The molecular formula is C17H26N6O11. The van der Waals surface area contributed by atoms with Gasteiger partial charge in [-0.3, -0.25) is 33.6 Å². The fourth-order valence-electron chi connectivity index (χ4n) is 2.44. The van der Waals surface area contributed by atoms with Gasteiger partial charge in [0.1, 0.15) is 18.1 Å². The predicted octanol–water partition coefficient (Wildman–Crippen LogP) is -5.06. The fraction of sp³-hybridized carbons (Fsp3) is 0.529. The molecule has 5 amide bonds. The highest BCUT2D eigenvalue weighted by Gasteiger charge is 2.32. The number of carbonyl (C=O) groups is 8. The first-order valence-electron chi connectivity index (χ1n) is 9.53. The van der Waals surface area contributed by atoms with E-state index in [0.29, 0.717) is 0 Å². The Kier molecular flexibility index (Phi) is 12.2. The van der Waals surface area contributed by atoms with Crippen molar-refractivity contribution in [2.45, 2.75) is 56.3 Å². The van der Waals surface area contributed by atoms with Crippen molar-refractivity contribution in [3.05, 3.63) is 0 Å². The van der Waals surface area contributed by atoms with Gasteiger partial charge in [0.2, 0.25) is 29.5 Å². The molecule has 4 atom stereocenters. The van der Waals surface area contributed by atoms with Gasteiger partial charge in [-0.05, 0) is 6.42 Å². The molecule has 34 heavy (non-hydrogen) atoms. The molecule has 0 aliphatic carbocycles. The van der Waals surface area contributed by atoms with E-state index in [1.54, 1.807) is 0 Å². The third-order valence-electron chi connectivity index (χ3n) is 4.08. The third-order valence-corrected chi connectivity index (χ3v) is 4.08. The molecule has 4 unspecified atom stereocenters. The van der Waals surface area contributed by atoms with Crippen molar-refractivity contribution < 1.29 is 53.7 Å². The minimum absolute atomic E-state index is 0.423. The number of carboxylic acids is 3. The number of amides is 5. The number of aliphatic carboxylic acids is 3. The molecule has 0 saturated carbocycles. The zero-order valence-electron chi connectivity index (χ0n) is 17.7. The van der Waals surface area contributed by atoms with Gasteiger partial charge in [0, 0.05) is 6.42 Å². The molecule has 0 radical (unpaired) electrons. The van der Waals surface area contributed by atoms with Gasteiger partial charge in [-0.1, -0.05) is 0 Å². The molecule has 0 bridgehead atoms. The van der Waals surface area contributed by atoms with Crippen molar-refractivity contribution in [3.8, 4) is 0 Å². The van der Waals surface area contributed by atoms with Crippen LogP contribution >= 0.6 is 0 Å². The summed E-state index contributed by atoms with van der Waals surface area (Å²) in [6.45, 7) is 0. The highest BCUT2D eigenvalue weighted by molar-refractivity contribution is 5.96. The van der Waals surface area contributed by atoms with E-state index in [4.69, 9.17) is 32.5 Å². The average molecular weight is 490 g/mol. The normalized spacial score (nSPS) is 13.9. The highest BCUT2D eigenvalue weighted by Crippen LogP contribution is 2.03. The Bertz CT molecular complexity index is 846. The van der Waals surface area contributed by atoms with Crippen LogP contribution in [-0.2, 0) is 38.4 Å². The summed E-state index contributed by atoms with van der Waals surface area (Å²) in [6.07, 6.45) is -3.52. The van der Waals surface area contributed by atoms with E-state index in [1.807, 2.05) is 10.6 Å². The molecule has 17 heteroatoms. The lowest BCUT2D eigenvalue weighted by molar-refractivity contribution is -0.144. The van der Waals surface area contributed by atoms with Crippen LogP contribution in [0.15, 0.2) is 0 Å². The molecular weight excluding hydrogens is 464 g/mol. The summed E-state index contributed by atoms with van der Waals surface area (Å²) < 4.78 is 0. The second-order valence-corrected chi connectivity index (χ2v) is 7.00. The predicted molar refractivity (Wildman–Crippen MR) is 108 cm³/mol. The van der Waals surface area contributed by atoms with Crippen LogP contribution in [0.2, 0.25) is 0 Å². The lowest BCUT2D eigenvalue weighted by Gasteiger charge is -2.24. The lowest BCUT2D eigenvalue weighted by Crippen LogP contribution is -2.58. The van der Waals surface area contributed by atoms with Crippen molar-refractivity contribution in [1.82, 2.24) is 16.0 Å². The molecule has 190 valence electrons. The summed E-state index contributed by atoms with van der Waals surface area (Å²) in [5.74, 6) is -10.2. The van der Waals surface area contributed by atoms with Gasteiger partial charge >= 0.3 is 17.9 Å². The number of hydrogen-bond donors (Lipinski definition) is 9. The minimum atomic E-state index is -1.87. The fourth-order valence-corrected chi connectivity index (χ4v) is 2.44. The summed E-state index contributed by atoms with van der Waals surface area (Å²) >= 11 is 0. The van der Waals surface area contributed by atoms with Crippen LogP contribution in [0.5, 0.6) is 0 Å². The van der Waals surface area contributed by atoms with Crippen molar-refractivity contribution in [2.75, 3.05) is 0 Å². The quantitative estimate of drug-likeness (QED) is 0.0981. The van der Waals surface area contributed by atoms with E-state index in [1.165, 1.54) is 0 Å². The van der Waals surface area contributed by atoms with Gasteiger partial charge in [-0.2, -0.15) is 0 Å². The van der Waals surface area contributed by atoms with E-state index < -0.39 is 104 Å². The van der Waals surface area contributed by atoms with Crippen LogP contribution in [0.1, 0.15) is 32.1 Å². The van der Waals surface area contributed by atoms with Gasteiger partial charge in [0.25, 0.3) is 0 Å². The van der Waals surface area contributed by atoms with E-state index in [2.05, 4.69) is 5.32 Å². The summed E-state index contributed by atoms with van der Waals surface area (Å²) in [5, 5.41) is 32.7. The zero-order valence-corrected chi connectivity index (χ0v) is 17.7. The van der Waals surface area contributed by atoms with Gasteiger partial charge in [-0.15, -0.1) is 0 Å². The van der Waals surface area contributed by atoms with Crippen molar-refractivity contribution in [1.29, 1.82) is 0 Å². The molecule has 0 aromatic rings. The molecule has 0 heterocycles. The minimum Gasteiger partial charge on any atom is -0.481 e. The lowest BCUT2D eigenvalue weighted by atomic mass is 10.1. The number of rotatable bonds is 16. The number of carboxylic acid groups (broad SMARTS) is 3. The molecule has 17 nitrogen and oxygen atoms in total. The number of carbonyl (C=O) groups excluding carboxylic acids is 5. The molecule has 0 aliphatic rings. The number of hydrogen-bond acceptors (Lipinski definition) is 9. The number of nitrogens with one attached hydrogen (secondary N) is 3. The van der Waals surface area contributed by atoms with Crippen molar-refractivity contribution in [3.63, 3.8) is 0 Å². The second kappa shape index (κ2) is 14.0. The molecule has 0 rings (SSSR count). The first-order valence-corrected chi connectivity index (χ1v) is 9.53. The Hall–Kier alpha value is -4.28. The van der Waals surface area contributed by atoms with E-state index in [-0.39, 0.29) is 0 Å². The molecule has 0 aromatic carbocycles. The maximum atomic E-state index is 12.6. The Morgan fingerprint density at radius 3 is 1.53 bits per heavy atom. The topological polar surface area (TPSA) is 311 Å². The standard InChI is InChI=1S/C17H26N6O11/c18-6(3-12(26)27)14(30)21-7(1-2-10(19)24)15(31)22-8(5-13(28)29)16(32)23-9(17(33)34)4-11(20)25/h6-9H,1-5,18H2,(H2,19,24)(H2,20,25)(H,21,30)(H,22,31)(H,23,32)(H,26,27)(H,28,29)(H,33,34). The van der Waals surface area contributed by atoms with Crippen LogP contribution in [0.25, 0.3) is 0 Å². The zero-order chi connectivity index (χ0) is 26.6. The molecule has 12 N–H and O–H groups in total. The van der Waals surface area contributed by atoms with Crippen LogP contribution in [0, 0.1) is 0 Å². The number of primary amides is 2. The summed E-state index contributed by atoms with van der Waals surface area (Å²) in [6, 6.07) is -6.87. The first-order chi connectivity index (χ1) is 15.6. The van der Waals surface area contributed by atoms with Crippen LogP contribution in [-0.4, -0.2) is 86.9 Å². The van der Waals surface area contributed by atoms with Crippen molar-refractivity contribution >= 4 is 47.4 Å². The molecule has 0 aliphatic heterocycles. The third kappa shape index (κ3) is 11.9. The Morgan fingerprint density at radius 2 is 1.09 bits per heavy atom. The maximum Gasteiger partial charge on any atom is 0.326 e. The van der Waals surface area contributed by atoms with Gasteiger partial charge in [-0.25, -0.2) is 4.79 Å². The van der Waals surface area contributed by atoms with Crippen molar-refractivity contribution in [2.24, 2.45) is 17.2 Å². The first kappa shape index (κ1) is 29.7. The molecule has 0 aromatic heterocycles. The summed E-state index contributed by atoms with van der Waals surface area (Å²) in [5.41, 5.74) is 15.3. The van der Waals surface area contributed by atoms with Gasteiger partial charge < -0.3 is 48.5 Å². The maximum absolute atomic E-state index is 12.6. The summed E-state index contributed by atoms with van der Waals surface area (Å²) in [4.78, 5) is 92.2. The summed E-state index contributed by atoms with van der Waals surface area (Å²) in [7, 11) is 0. The van der Waals surface area contributed by atoms with Gasteiger partial charge in [0.15, 0.2) is 0 Å². The van der Waals surface area contributed by atoms with Crippen LogP contribution < -0.4 is 33.2 Å². The Balaban J connectivity index is 5.62. The second-order valence-electron chi connectivity index (χ2n) is 7.00. The van der Waals surface area contributed by atoms with Crippen LogP contribution in [0.3, 0.4) is 0 Å². The highest BCUT2D eigenvalue weighted by atomic mass is 16.4. The SMILES string of the molecule is NC(=O)CCC(NC(=O)C(N)CC(=O)O)C(=O)NC(CC(=O)O)C(=O)NC(CC(N)=O)C(=O)O. The van der Waals surface area contributed by atoms with Gasteiger partial charge in [0.05, 0.1) is 25.3 Å². The average Bonchev–Trinajstić information content (AvgIpc) is 2.68. The van der Waals surface area contributed by atoms with E-state index in [9.17, 15) is 38.4 Å². The smallest absolute Gasteiger partial charge is 0.326 e. The Labute approximate surface area is 191 Å². The molecule has 0 saturated heterocycles. The molecule has 0 spiro atoms. The largest absolute Gasteiger partial charge is 0.481 e. The Morgan fingerprint density at radius 1 is 0.618 bits per heavy atom. The van der Waals surface area contributed by atoms with E-state index >= 15 is 0 Å². The van der Waals surface area contributed by atoms with Crippen LogP contribution in [0.4, 0.5) is 0 Å². The van der Waals surface area contributed by atoms with E-state index in [0.717, 1.165) is 0 Å². The monoisotopic (exact) mass is 490 g/mol. The number of nitrogens with two attached hydrogens (primary N) is 3. The molecule has 0 fully saturated rings.